The van der Waals surface area contributed by atoms with Gasteiger partial charge in [0.15, 0.2) is 0 Å². The average molecular weight is 238 g/mol. The van der Waals surface area contributed by atoms with Gasteiger partial charge in [-0.25, -0.2) is 0 Å². The number of pyridine rings is 1. The fourth-order valence-corrected chi connectivity index (χ4v) is 1.71. The number of rotatable bonds is 2. The molecule has 0 aliphatic carbocycles. The number of hydrogen-bond donors (Lipinski definition) is 2. The number of anilines is 1. The molecule has 1 aromatic carbocycles. The number of nitrogens with zero attached hydrogens (tertiary/aromatic N) is 2. The maximum atomic E-state index is 11.9. The Morgan fingerprint density at radius 3 is 3.00 bits per heavy atom. The average Bonchev–Trinajstić information content (AvgIpc) is 2.87. The highest BCUT2D eigenvalue weighted by molar-refractivity contribution is 6.03. The van der Waals surface area contributed by atoms with Crippen molar-refractivity contribution in [2.24, 2.45) is 0 Å². The molecule has 5 nitrogen and oxygen atoms in total. The first-order chi connectivity index (χ1) is 8.83. The molecule has 0 fully saturated rings. The summed E-state index contributed by atoms with van der Waals surface area (Å²) in [6.45, 7) is 0. The molecule has 88 valence electrons. The summed E-state index contributed by atoms with van der Waals surface area (Å²) in [6, 6.07) is 10.8. The molecule has 0 spiro atoms. The van der Waals surface area contributed by atoms with E-state index in [1.807, 2.05) is 18.2 Å². The summed E-state index contributed by atoms with van der Waals surface area (Å²) in [5.41, 5.74) is 1.98. The molecule has 0 unspecified atom stereocenters. The second-order valence-electron chi connectivity index (χ2n) is 3.84. The quantitative estimate of drug-likeness (QED) is 0.719. The highest BCUT2D eigenvalue weighted by Crippen LogP contribution is 2.16. The summed E-state index contributed by atoms with van der Waals surface area (Å²) in [4.78, 5) is 15.9. The van der Waals surface area contributed by atoms with Gasteiger partial charge >= 0.3 is 0 Å². The number of carbonyl (C=O) groups excluding carboxylic acids is 1. The van der Waals surface area contributed by atoms with Crippen LogP contribution in [0.4, 0.5) is 5.69 Å². The Kier molecular flexibility index (Phi) is 2.49. The lowest BCUT2D eigenvalue weighted by Gasteiger charge is -2.04. The number of aromatic amines is 1. The predicted octanol–water partition coefficient (Wildman–Crippen LogP) is 2.21. The van der Waals surface area contributed by atoms with Crippen molar-refractivity contribution in [2.45, 2.75) is 0 Å². The van der Waals surface area contributed by atoms with Crippen LogP contribution in [-0.2, 0) is 0 Å². The zero-order valence-electron chi connectivity index (χ0n) is 9.42. The summed E-state index contributed by atoms with van der Waals surface area (Å²) in [6.07, 6.45) is 3.33. The topological polar surface area (TPSA) is 70.7 Å². The number of hydrogen-bond acceptors (Lipinski definition) is 3. The van der Waals surface area contributed by atoms with E-state index in [0.29, 0.717) is 11.4 Å². The molecular weight excluding hydrogens is 228 g/mol. The maximum Gasteiger partial charge on any atom is 0.274 e. The van der Waals surface area contributed by atoms with E-state index in [2.05, 4.69) is 20.5 Å². The number of aromatic nitrogens is 3. The van der Waals surface area contributed by atoms with Crippen LogP contribution in [0.1, 0.15) is 10.5 Å². The van der Waals surface area contributed by atoms with Crippen molar-refractivity contribution >= 4 is 22.5 Å². The molecule has 0 saturated heterocycles. The molecule has 5 heteroatoms. The first kappa shape index (κ1) is 10.5. The largest absolute Gasteiger partial charge is 0.321 e. The predicted molar refractivity (Wildman–Crippen MR) is 68.3 cm³/mol. The Morgan fingerprint density at radius 1 is 1.22 bits per heavy atom. The summed E-state index contributed by atoms with van der Waals surface area (Å²) >= 11 is 0. The summed E-state index contributed by atoms with van der Waals surface area (Å²) in [7, 11) is 0. The molecule has 0 radical (unpaired) electrons. The lowest BCUT2D eigenvalue weighted by atomic mass is 10.2. The summed E-state index contributed by atoms with van der Waals surface area (Å²) in [5, 5.41) is 10.6. The van der Waals surface area contributed by atoms with Crippen molar-refractivity contribution in [3.63, 3.8) is 0 Å². The van der Waals surface area contributed by atoms with Crippen LogP contribution in [0.25, 0.3) is 10.9 Å². The Hall–Kier alpha value is -2.69. The number of carbonyl (C=O) groups is 1. The van der Waals surface area contributed by atoms with E-state index < -0.39 is 0 Å². The molecular formula is C13H10N4O. The van der Waals surface area contributed by atoms with Gasteiger partial charge < -0.3 is 5.32 Å². The standard InChI is InChI=1S/C13H10N4O/c18-13(11-3-1-2-6-14-11)16-10-5-4-9-8-15-17-12(9)7-10/h1-8H,(H,15,17)(H,16,18). The zero-order valence-corrected chi connectivity index (χ0v) is 9.42. The highest BCUT2D eigenvalue weighted by atomic mass is 16.1. The van der Waals surface area contributed by atoms with Gasteiger partial charge in [0.1, 0.15) is 5.69 Å². The van der Waals surface area contributed by atoms with Gasteiger partial charge in [0.25, 0.3) is 5.91 Å². The Bertz CT molecular complexity index is 690. The van der Waals surface area contributed by atoms with Gasteiger partial charge in [-0.1, -0.05) is 6.07 Å². The Morgan fingerprint density at radius 2 is 2.17 bits per heavy atom. The van der Waals surface area contributed by atoms with Crippen LogP contribution in [0.5, 0.6) is 0 Å². The number of fused-ring (bicyclic) bond motifs is 1. The van der Waals surface area contributed by atoms with Crippen molar-refractivity contribution in [3.05, 3.63) is 54.5 Å². The monoisotopic (exact) mass is 238 g/mol. The van der Waals surface area contributed by atoms with Gasteiger partial charge in [-0.15, -0.1) is 0 Å². The molecule has 2 N–H and O–H groups in total. The van der Waals surface area contributed by atoms with Crippen LogP contribution in [0, 0.1) is 0 Å². The fraction of sp³-hybridized carbons (Fsp3) is 0. The summed E-state index contributed by atoms with van der Waals surface area (Å²) in [5.74, 6) is -0.227. The van der Waals surface area contributed by atoms with E-state index in [1.54, 1.807) is 30.6 Å². The number of nitrogens with one attached hydrogen (secondary N) is 2. The van der Waals surface area contributed by atoms with Gasteiger partial charge in [-0.2, -0.15) is 5.10 Å². The van der Waals surface area contributed by atoms with E-state index in [-0.39, 0.29) is 5.91 Å². The third kappa shape index (κ3) is 1.93. The van der Waals surface area contributed by atoms with Crippen LogP contribution < -0.4 is 5.32 Å². The van der Waals surface area contributed by atoms with Crippen LogP contribution in [0.2, 0.25) is 0 Å². The number of benzene rings is 1. The summed E-state index contributed by atoms with van der Waals surface area (Å²) < 4.78 is 0. The molecule has 0 aliphatic heterocycles. The molecule has 0 aliphatic rings. The van der Waals surface area contributed by atoms with Crippen molar-refractivity contribution in [1.29, 1.82) is 0 Å². The van der Waals surface area contributed by atoms with Crippen molar-refractivity contribution in [2.75, 3.05) is 5.32 Å². The van der Waals surface area contributed by atoms with Gasteiger partial charge in [-0.3, -0.25) is 14.9 Å². The molecule has 2 heterocycles. The molecule has 2 aromatic heterocycles. The normalized spacial score (nSPS) is 10.4. The first-order valence-corrected chi connectivity index (χ1v) is 5.48. The Balaban J connectivity index is 1.86. The number of amides is 1. The van der Waals surface area contributed by atoms with Gasteiger partial charge in [-0.05, 0) is 30.3 Å². The molecule has 0 atom stereocenters. The second kappa shape index (κ2) is 4.29. The van der Waals surface area contributed by atoms with E-state index in [1.165, 1.54) is 0 Å². The molecule has 18 heavy (non-hydrogen) atoms. The van der Waals surface area contributed by atoms with E-state index in [9.17, 15) is 4.79 Å². The third-order valence-corrected chi connectivity index (χ3v) is 2.60. The van der Waals surface area contributed by atoms with Crippen LogP contribution in [0.3, 0.4) is 0 Å². The first-order valence-electron chi connectivity index (χ1n) is 5.48. The fourth-order valence-electron chi connectivity index (χ4n) is 1.71. The Labute approximate surface area is 103 Å². The van der Waals surface area contributed by atoms with Gasteiger partial charge in [0, 0.05) is 17.3 Å². The smallest absolute Gasteiger partial charge is 0.274 e. The molecule has 0 saturated carbocycles. The van der Waals surface area contributed by atoms with Gasteiger partial charge in [0.05, 0.1) is 11.7 Å². The van der Waals surface area contributed by atoms with E-state index in [4.69, 9.17) is 0 Å². The molecule has 0 bridgehead atoms. The van der Waals surface area contributed by atoms with Crippen molar-refractivity contribution in [3.8, 4) is 0 Å². The molecule has 3 rings (SSSR count). The maximum absolute atomic E-state index is 11.9. The van der Waals surface area contributed by atoms with E-state index in [0.717, 1.165) is 10.9 Å². The minimum atomic E-state index is -0.227. The van der Waals surface area contributed by atoms with Crippen LogP contribution in [-0.4, -0.2) is 21.1 Å². The zero-order chi connectivity index (χ0) is 12.4. The molecule has 1 amide bonds. The minimum Gasteiger partial charge on any atom is -0.321 e. The number of H-pyrrole nitrogens is 1. The lowest BCUT2D eigenvalue weighted by molar-refractivity contribution is 0.102. The lowest BCUT2D eigenvalue weighted by Crippen LogP contribution is -2.13. The van der Waals surface area contributed by atoms with Crippen molar-refractivity contribution < 1.29 is 4.79 Å². The van der Waals surface area contributed by atoms with Gasteiger partial charge in [0.2, 0.25) is 0 Å². The SMILES string of the molecule is O=C(Nc1ccc2cn[nH]c2c1)c1ccccn1. The second-order valence-corrected chi connectivity index (χ2v) is 3.84. The van der Waals surface area contributed by atoms with Crippen LogP contribution in [0.15, 0.2) is 48.8 Å². The highest BCUT2D eigenvalue weighted by Gasteiger charge is 2.07. The minimum absolute atomic E-state index is 0.227. The molecule has 3 aromatic rings. The van der Waals surface area contributed by atoms with Crippen molar-refractivity contribution in [1.82, 2.24) is 15.2 Å². The van der Waals surface area contributed by atoms with E-state index >= 15 is 0 Å². The van der Waals surface area contributed by atoms with Crippen LogP contribution >= 0.6 is 0 Å². The third-order valence-electron chi connectivity index (χ3n) is 2.60.